The number of amides is 1. The molecule has 2 aromatic rings. The SMILES string of the molecule is CN1CCN(S(=O)(=O)c2ccc(NC(=S)NC(=O)c3ccc(F)cc3)cc2)CC1. The monoisotopic (exact) mass is 436 g/mol. The quantitative estimate of drug-likeness (QED) is 0.713. The van der Waals surface area contributed by atoms with E-state index < -0.39 is 21.7 Å². The fourth-order valence-electron chi connectivity index (χ4n) is 2.83. The van der Waals surface area contributed by atoms with Crippen molar-refractivity contribution in [2.75, 3.05) is 38.5 Å². The fraction of sp³-hybridized carbons (Fsp3) is 0.263. The van der Waals surface area contributed by atoms with Crippen molar-refractivity contribution in [1.82, 2.24) is 14.5 Å². The number of nitrogens with zero attached hydrogens (tertiary/aromatic N) is 2. The van der Waals surface area contributed by atoms with Gasteiger partial charge in [-0.15, -0.1) is 0 Å². The van der Waals surface area contributed by atoms with Gasteiger partial charge in [0.15, 0.2) is 5.11 Å². The molecule has 0 saturated carbocycles. The van der Waals surface area contributed by atoms with Gasteiger partial charge in [-0.3, -0.25) is 10.1 Å². The summed E-state index contributed by atoms with van der Waals surface area (Å²) in [6, 6.07) is 11.2. The molecule has 0 aromatic heterocycles. The Morgan fingerprint density at radius 1 is 1.00 bits per heavy atom. The Morgan fingerprint density at radius 3 is 2.17 bits per heavy atom. The molecule has 154 valence electrons. The predicted octanol–water partition coefficient (Wildman–Crippen LogP) is 1.89. The van der Waals surface area contributed by atoms with E-state index in [1.807, 2.05) is 7.05 Å². The second-order valence-corrected chi connectivity index (χ2v) is 8.99. The first kappa shape index (κ1) is 21.3. The zero-order chi connectivity index (χ0) is 21.0. The first-order chi connectivity index (χ1) is 13.8. The van der Waals surface area contributed by atoms with Crippen LogP contribution < -0.4 is 10.6 Å². The Labute approximate surface area is 174 Å². The lowest BCUT2D eigenvalue weighted by molar-refractivity contribution is 0.0977. The number of piperazine rings is 1. The summed E-state index contributed by atoms with van der Waals surface area (Å²) >= 11 is 5.11. The summed E-state index contributed by atoms with van der Waals surface area (Å²) < 4.78 is 39.9. The minimum atomic E-state index is -3.54. The Kier molecular flexibility index (Phi) is 6.58. The van der Waals surface area contributed by atoms with E-state index in [4.69, 9.17) is 12.2 Å². The summed E-state index contributed by atoms with van der Waals surface area (Å²) in [5.41, 5.74) is 0.802. The van der Waals surface area contributed by atoms with Gasteiger partial charge in [-0.2, -0.15) is 4.31 Å². The molecule has 1 amide bonds. The number of likely N-dealkylation sites (N-methyl/N-ethyl adjacent to an activating group) is 1. The molecule has 0 unspecified atom stereocenters. The van der Waals surface area contributed by atoms with Gasteiger partial charge in [0.25, 0.3) is 5.91 Å². The third-order valence-electron chi connectivity index (χ3n) is 4.55. The third kappa shape index (κ3) is 5.36. The van der Waals surface area contributed by atoms with E-state index in [2.05, 4.69) is 15.5 Å². The normalized spacial score (nSPS) is 15.7. The molecule has 1 aliphatic heterocycles. The summed E-state index contributed by atoms with van der Waals surface area (Å²) in [7, 11) is -1.58. The Morgan fingerprint density at radius 2 is 1.59 bits per heavy atom. The van der Waals surface area contributed by atoms with Crippen LogP contribution in [-0.4, -0.2) is 61.9 Å². The van der Waals surface area contributed by atoms with E-state index in [0.717, 1.165) is 0 Å². The van der Waals surface area contributed by atoms with Crippen LogP contribution in [0.1, 0.15) is 10.4 Å². The van der Waals surface area contributed by atoms with Gasteiger partial charge in [0, 0.05) is 37.4 Å². The van der Waals surface area contributed by atoms with Gasteiger partial charge in [0.2, 0.25) is 10.0 Å². The number of rotatable bonds is 4. The van der Waals surface area contributed by atoms with Crippen molar-refractivity contribution in [3.8, 4) is 0 Å². The van der Waals surface area contributed by atoms with Crippen molar-refractivity contribution < 1.29 is 17.6 Å². The van der Waals surface area contributed by atoms with Gasteiger partial charge in [0.1, 0.15) is 5.82 Å². The van der Waals surface area contributed by atoms with E-state index in [-0.39, 0.29) is 15.6 Å². The second-order valence-electron chi connectivity index (χ2n) is 6.65. The number of hydrogen-bond donors (Lipinski definition) is 2. The molecule has 3 rings (SSSR count). The predicted molar refractivity (Wildman–Crippen MR) is 113 cm³/mol. The summed E-state index contributed by atoms with van der Waals surface area (Å²) in [4.78, 5) is 14.4. The van der Waals surface area contributed by atoms with Crippen molar-refractivity contribution in [1.29, 1.82) is 0 Å². The molecule has 0 atom stereocenters. The lowest BCUT2D eigenvalue weighted by Crippen LogP contribution is -2.46. The molecule has 0 radical (unpaired) electrons. The number of carbonyl (C=O) groups excluding carboxylic acids is 1. The van der Waals surface area contributed by atoms with E-state index >= 15 is 0 Å². The number of hydrogen-bond acceptors (Lipinski definition) is 5. The van der Waals surface area contributed by atoms with Crippen LogP contribution in [0.5, 0.6) is 0 Å². The summed E-state index contributed by atoms with van der Waals surface area (Å²) in [6.45, 7) is 2.30. The lowest BCUT2D eigenvalue weighted by atomic mass is 10.2. The van der Waals surface area contributed by atoms with Crippen LogP contribution in [0.2, 0.25) is 0 Å². The average molecular weight is 437 g/mol. The molecular weight excluding hydrogens is 415 g/mol. The van der Waals surface area contributed by atoms with Crippen LogP contribution >= 0.6 is 12.2 Å². The molecule has 1 heterocycles. The molecule has 2 aromatic carbocycles. The summed E-state index contributed by atoms with van der Waals surface area (Å²) in [5.74, 6) is -0.911. The van der Waals surface area contributed by atoms with E-state index in [0.29, 0.717) is 31.9 Å². The van der Waals surface area contributed by atoms with Crippen molar-refractivity contribution in [3.63, 3.8) is 0 Å². The van der Waals surface area contributed by atoms with Crippen LogP contribution in [0.3, 0.4) is 0 Å². The highest BCUT2D eigenvalue weighted by Crippen LogP contribution is 2.19. The van der Waals surface area contributed by atoms with E-state index in [1.54, 1.807) is 12.1 Å². The van der Waals surface area contributed by atoms with E-state index in [9.17, 15) is 17.6 Å². The number of benzene rings is 2. The van der Waals surface area contributed by atoms with Crippen molar-refractivity contribution >= 4 is 38.9 Å². The van der Waals surface area contributed by atoms with Gasteiger partial charge in [-0.05, 0) is 67.8 Å². The topological polar surface area (TPSA) is 81.8 Å². The third-order valence-corrected chi connectivity index (χ3v) is 6.66. The summed E-state index contributed by atoms with van der Waals surface area (Å²) in [6.07, 6.45) is 0. The maximum absolute atomic E-state index is 12.9. The molecule has 0 spiro atoms. The Bertz CT molecular complexity index is 987. The molecule has 10 heteroatoms. The van der Waals surface area contributed by atoms with Crippen LogP contribution in [0, 0.1) is 5.82 Å². The van der Waals surface area contributed by atoms with Crippen LogP contribution in [-0.2, 0) is 10.0 Å². The molecule has 0 bridgehead atoms. The number of anilines is 1. The molecule has 1 saturated heterocycles. The van der Waals surface area contributed by atoms with Crippen molar-refractivity contribution in [2.45, 2.75) is 4.90 Å². The highest BCUT2D eigenvalue weighted by molar-refractivity contribution is 7.89. The maximum atomic E-state index is 12.9. The first-order valence-electron chi connectivity index (χ1n) is 8.92. The number of sulfonamides is 1. The Hall–Kier alpha value is -2.40. The summed E-state index contributed by atoms with van der Waals surface area (Å²) in [5, 5.41) is 5.37. The fourth-order valence-corrected chi connectivity index (χ4v) is 4.46. The standard InChI is InChI=1S/C19H21FN4O3S2/c1-23-10-12-24(13-11-23)29(26,27)17-8-6-16(7-9-17)21-19(28)22-18(25)14-2-4-15(20)5-3-14/h2-9H,10-13H2,1H3,(H2,21,22,25,28). The zero-order valence-electron chi connectivity index (χ0n) is 15.8. The smallest absolute Gasteiger partial charge is 0.257 e. The molecule has 7 nitrogen and oxygen atoms in total. The number of thiocarbonyl (C=S) groups is 1. The van der Waals surface area contributed by atoms with Crippen LogP contribution in [0.25, 0.3) is 0 Å². The van der Waals surface area contributed by atoms with Crippen molar-refractivity contribution in [3.05, 3.63) is 59.9 Å². The highest BCUT2D eigenvalue weighted by atomic mass is 32.2. The molecule has 29 heavy (non-hydrogen) atoms. The van der Waals surface area contributed by atoms with Gasteiger partial charge < -0.3 is 10.2 Å². The van der Waals surface area contributed by atoms with Gasteiger partial charge in [0.05, 0.1) is 4.90 Å². The minimum Gasteiger partial charge on any atom is -0.332 e. The van der Waals surface area contributed by atoms with Gasteiger partial charge in [-0.25, -0.2) is 12.8 Å². The van der Waals surface area contributed by atoms with Crippen LogP contribution in [0.15, 0.2) is 53.4 Å². The second kappa shape index (κ2) is 8.95. The number of carbonyl (C=O) groups is 1. The zero-order valence-corrected chi connectivity index (χ0v) is 17.4. The molecule has 0 aliphatic carbocycles. The molecular formula is C19H21FN4O3S2. The Balaban J connectivity index is 1.60. The lowest BCUT2D eigenvalue weighted by Gasteiger charge is -2.31. The minimum absolute atomic E-state index is 0.0500. The van der Waals surface area contributed by atoms with Crippen molar-refractivity contribution in [2.24, 2.45) is 0 Å². The largest absolute Gasteiger partial charge is 0.332 e. The van der Waals surface area contributed by atoms with Gasteiger partial charge >= 0.3 is 0 Å². The average Bonchev–Trinajstić information content (AvgIpc) is 2.69. The number of halogens is 1. The maximum Gasteiger partial charge on any atom is 0.257 e. The molecule has 1 fully saturated rings. The van der Waals surface area contributed by atoms with E-state index in [1.165, 1.54) is 40.7 Å². The van der Waals surface area contributed by atoms with Gasteiger partial charge in [-0.1, -0.05) is 0 Å². The highest BCUT2D eigenvalue weighted by Gasteiger charge is 2.27. The number of nitrogens with one attached hydrogen (secondary N) is 2. The first-order valence-corrected chi connectivity index (χ1v) is 10.8. The van der Waals surface area contributed by atoms with Crippen LogP contribution in [0.4, 0.5) is 10.1 Å². The molecule has 1 aliphatic rings. The molecule has 2 N–H and O–H groups in total.